The van der Waals surface area contributed by atoms with Crippen LogP contribution in [0.1, 0.15) is 73.6 Å². The molecule has 36 heavy (non-hydrogen) atoms. The van der Waals surface area contributed by atoms with Crippen molar-refractivity contribution < 1.29 is 4.74 Å². The number of nitrogens with zero attached hydrogens (tertiary/aromatic N) is 4. The first-order chi connectivity index (χ1) is 17.4. The number of benzene rings is 1. The lowest BCUT2D eigenvalue weighted by Gasteiger charge is -2.58. The second-order valence-electron chi connectivity index (χ2n) is 12.1. The molecule has 0 radical (unpaired) electrons. The third kappa shape index (κ3) is 3.37. The highest BCUT2D eigenvalue weighted by molar-refractivity contribution is 5.92. The number of hydrogen-bond acceptors (Lipinski definition) is 4. The molecule has 0 amide bonds. The molecule has 3 fully saturated rings. The van der Waals surface area contributed by atoms with Crippen molar-refractivity contribution in [2.45, 2.75) is 71.3 Å². The summed E-state index contributed by atoms with van der Waals surface area (Å²) in [6.07, 6.45) is 9.02. The third-order valence-corrected chi connectivity index (χ3v) is 9.41. The number of hydrogen-bond donors (Lipinski definition) is 1. The molecule has 4 aromatic rings. The van der Waals surface area contributed by atoms with Gasteiger partial charge in [0.2, 0.25) is 0 Å². The van der Waals surface area contributed by atoms with Crippen LogP contribution in [0.25, 0.3) is 27.8 Å². The minimum Gasteiger partial charge on any atom is -0.380 e. The van der Waals surface area contributed by atoms with Gasteiger partial charge in [-0.05, 0) is 85.8 Å². The number of aryl methyl sites for hydroxylation is 1. The molecule has 1 N–H and O–H groups in total. The predicted molar refractivity (Wildman–Crippen MR) is 144 cm³/mol. The second-order valence-corrected chi connectivity index (χ2v) is 12.1. The molecule has 3 aromatic heterocycles. The Morgan fingerprint density at radius 3 is 2.53 bits per heavy atom. The molecule has 188 valence electrons. The molecule has 7 rings (SSSR count). The maximum Gasteiger partial charge on any atom is 0.158 e. The van der Waals surface area contributed by atoms with Crippen LogP contribution in [0.15, 0.2) is 30.7 Å². The van der Waals surface area contributed by atoms with Gasteiger partial charge in [0.05, 0.1) is 18.9 Å². The molecule has 5 heterocycles. The highest BCUT2D eigenvalue weighted by Crippen LogP contribution is 2.44. The Morgan fingerprint density at radius 1 is 1.06 bits per heavy atom. The lowest BCUT2D eigenvalue weighted by atomic mass is 9.74. The van der Waals surface area contributed by atoms with Crippen LogP contribution in [0.5, 0.6) is 0 Å². The fourth-order valence-corrected chi connectivity index (χ4v) is 7.17. The van der Waals surface area contributed by atoms with E-state index in [1.165, 1.54) is 83.2 Å². The van der Waals surface area contributed by atoms with Crippen LogP contribution in [-0.4, -0.2) is 56.8 Å². The predicted octanol–water partition coefficient (Wildman–Crippen LogP) is 5.98. The van der Waals surface area contributed by atoms with Gasteiger partial charge in [-0.2, -0.15) is 5.10 Å². The molecule has 1 aromatic carbocycles. The highest BCUT2D eigenvalue weighted by Gasteiger charge is 2.50. The Balaban J connectivity index is 1.19. The van der Waals surface area contributed by atoms with Crippen molar-refractivity contribution >= 4 is 16.6 Å². The average Bonchev–Trinajstić information content (AvgIpc) is 3.44. The van der Waals surface area contributed by atoms with Gasteiger partial charge in [-0.15, -0.1) is 0 Å². The fraction of sp³-hybridized carbons (Fsp3) is 0.533. The van der Waals surface area contributed by atoms with Crippen LogP contribution in [-0.2, 0) is 4.74 Å². The number of pyridine rings is 1. The van der Waals surface area contributed by atoms with E-state index >= 15 is 0 Å². The number of likely N-dealkylation sites (tertiary alicyclic amines) is 1. The second kappa shape index (κ2) is 8.15. The lowest BCUT2D eigenvalue weighted by Crippen LogP contribution is -2.68. The van der Waals surface area contributed by atoms with Gasteiger partial charge < -0.3 is 9.72 Å². The summed E-state index contributed by atoms with van der Waals surface area (Å²) in [5.41, 5.74) is 10.5. The zero-order valence-corrected chi connectivity index (χ0v) is 22.0. The fourth-order valence-electron chi connectivity index (χ4n) is 7.17. The van der Waals surface area contributed by atoms with E-state index in [0.29, 0.717) is 17.3 Å². The summed E-state index contributed by atoms with van der Waals surface area (Å²) >= 11 is 0. The summed E-state index contributed by atoms with van der Waals surface area (Å²) in [6.45, 7) is 13.5. The lowest BCUT2D eigenvalue weighted by molar-refractivity contribution is -0.200. The molecular weight excluding hydrogens is 446 g/mol. The van der Waals surface area contributed by atoms with Gasteiger partial charge in [0.1, 0.15) is 6.33 Å². The van der Waals surface area contributed by atoms with Gasteiger partial charge in [0.15, 0.2) is 5.65 Å². The van der Waals surface area contributed by atoms with Crippen molar-refractivity contribution in [1.29, 1.82) is 0 Å². The maximum absolute atomic E-state index is 5.47. The number of nitrogens with one attached hydrogen (secondary N) is 1. The van der Waals surface area contributed by atoms with Gasteiger partial charge in [-0.25, -0.2) is 9.50 Å². The maximum atomic E-state index is 5.47. The average molecular weight is 484 g/mol. The van der Waals surface area contributed by atoms with E-state index in [1.54, 1.807) is 6.33 Å². The standard InChI is InChI=1S/C30H37N5O/c1-18(2)27-24-11-22(21-5-8-23(9-6-21)34-13-30(14-34)15-36-16-30)7-10-26(24)33-28(27)25-12-35-29(31-17-32-35)20(4)19(25)3/h7,10-12,17-18,21,23,33H,5-6,8-9,13-16H2,1-4H3. The van der Waals surface area contributed by atoms with Crippen LogP contribution in [0.2, 0.25) is 0 Å². The quantitative estimate of drug-likeness (QED) is 0.388. The van der Waals surface area contributed by atoms with Crippen LogP contribution < -0.4 is 0 Å². The van der Waals surface area contributed by atoms with Gasteiger partial charge >= 0.3 is 0 Å². The summed E-state index contributed by atoms with van der Waals surface area (Å²) in [5, 5.41) is 5.82. The Hall–Kier alpha value is -2.70. The number of aromatic amines is 1. The molecule has 1 aliphatic carbocycles. The summed E-state index contributed by atoms with van der Waals surface area (Å²) in [6, 6.07) is 7.97. The molecule has 2 saturated heterocycles. The van der Waals surface area contributed by atoms with E-state index in [9.17, 15) is 0 Å². The molecule has 0 unspecified atom stereocenters. The first-order valence-corrected chi connectivity index (χ1v) is 13.7. The number of aromatic nitrogens is 4. The largest absolute Gasteiger partial charge is 0.380 e. The van der Waals surface area contributed by atoms with E-state index in [4.69, 9.17) is 4.74 Å². The Labute approximate surface area is 213 Å². The Kier molecular flexibility index (Phi) is 5.09. The molecule has 6 nitrogen and oxygen atoms in total. The zero-order valence-electron chi connectivity index (χ0n) is 22.0. The monoisotopic (exact) mass is 483 g/mol. The van der Waals surface area contributed by atoms with Crippen molar-refractivity contribution in [2.24, 2.45) is 5.41 Å². The topological polar surface area (TPSA) is 58.5 Å². The summed E-state index contributed by atoms with van der Waals surface area (Å²) in [4.78, 5) is 11.0. The molecular formula is C30H37N5O. The van der Waals surface area contributed by atoms with Gasteiger partial charge in [-0.3, -0.25) is 4.90 Å². The van der Waals surface area contributed by atoms with Crippen molar-refractivity contribution in [2.75, 3.05) is 26.3 Å². The summed E-state index contributed by atoms with van der Waals surface area (Å²) in [5.74, 6) is 1.09. The first-order valence-electron chi connectivity index (χ1n) is 13.7. The molecule has 1 spiro atoms. The number of fused-ring (bicyclic) bond motifs is 2. The van der Waals surface area contributed by atoms with Gasteiger partial charge in [0.25, 0.3) is 0 Å². The minimum absolute atomic E-state index is 0.417. The van der Waals surface area contributed by atoms with Crippen LogP contribution in [0.4, 0.5) is 0 Å². The highest BCUT2D eigenvalue weighted by atomic mass is 16.5. The number of ether oxygens (including phenoxy) is 1. The normalized spacial score (nSPS) is 24.0. The third-order valence-electron chi connectivity index (χ3n) is 9.41. The van der Waals surface area contributed by atoms with E-state index in [2.05, 4.69) is 72.1 Å². The van der Waals surface area contributed by atoms with E-state index in [0.717, 1.165) is 24.9 Å². The van der Waals surface area contributed by atoms with E-state index < -0.39 is 0 Å². The molecule has 6 heteroatoms. The zero-order chi connectivity index (χ0) is 24.6. The molecule has 1 saturated carbocycles. The summed E-state index contributed by atoms with van der Waals surface area (Å²) in [7, 11) is 0. The van der Waals surface area contributed by atoms with Crippen molar-refractivity contribution in [1.82, 2.24) is 24.5 Å². The summed E-state index contributed by atoms with van der Waals surface area (Å²) < 4.78 is 7.38. The van der Waals surface area contributed by atoms with Gasteiger partial charge in [-0.1, -0.05) is 19.9 Å². The van der Waals surface area contributed by atoms with Gasteiger partial charge in [0, 0.05) is 47.2 Å². The minimum atomic E-state index is 0.417. The van der Waals surface area contributed by atoms with Crippen LogP contribution in [0.3, 0.4) is 0 Å². The first kappa shape index (κ1) is 22.5. The van der Waals surface area contributed by atoms with Crippen molar-refractivity contribution in [3.8, 4) is 11.3 Å². The molecule has 3 aliphatic rings. The molecule has 0 atom stereocenters. The number of H-pyrrole nitrogens is 1. The van der Waals surface area contributed by atoms with E-state index in [1.807, 2.05) is 4.52 Å². The smallest absolute Gasteiger partial charge is 0.158 e. The SMILES string of the molecule is Cc1c(-c2[nH]c3ccc(C4CCC(N5CC6(COC6)C5)CC4)cc3c2C(C)C)cn2ncnc2c1C. The van der Waals surface area contributed by atoms with Crippen LogP contribution in [0, 0.1) is 19.3 Å². The van der Waals surface area contributed by atoms with E-state index in [-0.39, 0.29) is 0 Å². The van der Waals surface area contributed by atoms with Crippen molar-refractivity contribution in [3.05, 3.63) is 53.0 Å². The number of rotatable bonds is 4. The molecule has 2 aliphatic heterocycles. The Morgan fingerprint density at radius 2 is 1.83 bits per heavy atom. The van der Waals surface area contributed by atoms with Crippen LogP contribution >= 0.6 is 0 Å². The molecule has 0 bridgehead atoms. The van der Waals surface area contributed by atoms with Crippen molar-refractivity contribution in [3.63, 3.8) is 0 Å². The Bertz CT molecular complexity index is 1440.